The Morgan fingerprint density at radius 3 is 2.67 bits per heavy atom. The molecule has 0 saturated carbocycles. The second-order valence-electron chi connectivity index (χ2n) is 4.82. The van der Waals surface area contributed by atoms with Gasteiger partial charge < -0.3 is 9.47 Å². The first-order chi connectivity index (χ1) is 9.88. The largest absolute Gasteiger partial charge is 0.433 e. The third-order valence-electron chi connectivity index (χ3n) is 3.23. The summed E-state index contributed by atoms with van der Waals surface area (Å²) in [7, 11) is 1.74. The Labute approximate surface area is 121 Å². The third kappa shape index (κ3) is 3.96. The first kappa shape index (κ1) is 15.3. The molecule has 0 aliphatic heterocycles. The van der Waals surface area contributed by atoms with E-state index in [-0.39, 0.29) is 0 Å². The average Bonchev–Trinajstić information content (AvgIpc) is 2.83. The molecular weight excluding hydrogens is 281 g/mol. The molecule has 0 radical (unpaired) electrons. The zero-order chi connectivity index (χ0) is 15.5. The summed E-state index contributed by atoms with van der Waals surface area (Å²) >= 11 is 0. The van der Waals surface area contributed by atoms with Crippen LogP contribution >= 0.6 is 0 Å². The Hall–Kier alpha value is -2.05. The molecule has 0 aromatic carbocycles. The Bertz CT molecular complexity index is 592. The topological polar surface area (TPSA) is 34.0 Å². The van der Waals surface area contributed by atoms with Crippen molar-refractivity contribution in [2.24, 2.45) is 0 Å². The van der Waals surface area contributed by atoms with Crippen LogP contribution in [0.25, 0.3) is 0 Å². The molecule has 0 amide bonds. The van der Waals surface area contributed by atoms with E-state index >= 15 is 0 Å². The van der Waals surface area contributed by atoms with Gasteiger partial charge in [-0.3, -0.25) is 0 Å². The fourth-order valence-electron chi connectivity index (χ4n) is 2.03. The molecule has 7 heteroatoms. The zero-order valence-electron chi connectivity index (χ0n) is 11.9. The fourth-order valence-corrected chi connectivity index (χ4v) is 2.03. The van der Waals surface area contributed by atoms with E-state index in [4.69, 9.17) is 0 Å². The molecule has 4 nitrogen and oxygen atoms in total. The highest BCUT2D eigenvalue weighted by atomic mass is 19.4. The molecule has 0 bridgehead atoms. The number of imidazole rings is 1. The van der Waals surface area contributed by atoms with Crippen LogP contribution in [0.4, 0.5) is 19.0 Å². The highest BCUT2D eigenvalue weighted by Gasteiger charge is 2.32. The SMILES string of the molecule is Cc1nccn1CCCN(C)c1cccc(C(F)(F)F)n1. The molecule has 0 N–H and O–H groups in total. The van der Waals surface area contributed by atoms with Crippen molar-refractivity contribution >= 4 is 5.82 Å². The van der Waals surface area contributed by atoms with Crippen molar-refractivity contribution in [2.45, 2.75) is 26.1 Å². The van der Waals surface area contributed by atoms with Crippen LogP contribution < -0.4 is 4.90 Å². The third-order valence-corrected chi connectivity index (χ3v) is 3.23. The number of hydrogen-bond acceptors (Lipinski definition) is 3. The zero-order valence-corrected chi connectivity index (χ0v) is 11.9. The monoisotopic (exact) mass is 298 g/mol. The number of hydrogen-bond donors (Lipinski definition) is 0. The lowest BCUT2D eigenvalue weighted by Gasteiger charge is -2.19. The van der Waals surface area contributed by atoms with E-state index in [0.717, 1.165) is 24.9 Å². The first-order valence-corrected chi connectivity index (χ1v) is 6.61. The Morgan fingerprint density at radius 1 is 1.29 bits per heavy atom. The van der Waals surface area contributed by atoms with Crippen LogP contribution in [0.5, 0.6) is 0 Å². The molecule has 21 heavy (non-hydrogen) atoms. The van der Waals surface area contributed by atoms with Crippen LogP contribution in [0.15, 0.2) is 30.6 Å². The molecule has 114 valence electrons. The number of anilines is 1. The maximum absolute atomic E-state index is 12.6. The predicted molar refractivity (Wildman–Crippen MR) is 74.1 cm³/mol. The van der Waals surface area contributed by atoms with Crippen LogP contribution in [0.2, 0.25) is 0 Å². The molecule has 0 saturated heterocycles. The Kier molecular flexibility index (Phi) is 4.50. The van der Waals surface area contributed by atoms with Gasteiger partial charge in [0, 0.05) is 32.5 Å². The summed E-state index contributed by atoms with van der Waals surface area (Å²) in [6, 6.07) is 3.94. The molecule has 0 aliphatic carbocycles. The van der Waals surface area contributed by atoms with Crippen LogP contribution in [-0.2, 0) is 12.7 Å². The van der Waals surface area contributed by atoms with Gasteiger partial charge in [0.15, 0.2) is 0 Å². The van der Waals surface area contributed by atoms with Crippen molar-refractivity contribution in [3.8, 4) is 0 Å². The van der Waals surface area contributed by atoms with Gasteiger partial charge in [-0.05, 0) is 25.5 Å². The lowest BCUT2D eigenvalue weighted by Crippen LogP contribution is -2.22. The van der Waals surface area contributed by atoms with E-state index in [1.807, 2.05) is 17.7 Å². The molecule has 2 heterocycles. The first-order valence-electron chi connectivity index (χ1n) is 6.61. The molecule has 2 rings (SSSR count). The van der Waals surface area contributed by atoms with Crippen LogP contribution in [-0.4, -0.2) is 28.1 Å². The highest BCUT2D eigenvalue weighted by molar-refractivity contribution is 5.38. The number of alkyl halides is 3. The summed E-state index contributed by atoms with van der Waals surface area (Å²) in [4.78, 5) is 9.51. The predicted octanol–water partition coefficient (Wildman–Crippen LogP) is 3.13. The minimum absolute atomic E-state index is 0.326. The summed E-state index contributed by atoms with van der Waals surface area (Å²) in [5, 5.41) is 0. The average molecular weight is 298 g/mol. The van der Waals surface area contributed by atoms with Gasteiger partial charge in [-0.25, -0.2) is 9.97 Å². The summed E-state index contributed by atoms with van der Waals surface area (Å²) in [5.74, 6) is 1.25. The van der Waals surface area contributed by atoms with Crippen molar-refractivity contribution in [1.82, 2.24) is 14.5 Å². The van der Waals surface area contributed by atoms with Crippen molar-refractivity contribution in [1.29, 1.82) is 0 Å². The number of nitrogens with zero attached hydrogens (tertiary/aromatic N) is 4. The maximum Gasteiger partial charge on any atom is 0.433 e. The molecule has 0 unspecified atom stereocenters. The van der Waals surface area contributed by atoms with Crippen molar-refractivity contribution in [3.05, 3.63) is 42.1 Å². The van der Waals surface area contributed by atoms with Crippen molar-refractivity contribution < 1.29 is 13.2 Å². The smallest absolute Gasteiger partial charge is 0.360 e. The van der Waals surface area contributed by atoms with Crippen LogP contribution in [0.3, 0.4) is 0 Å². The number of aryl methyl sites for hydroxylation is 2. The van der Waals surface area contributed by atoms with E-state index in [9.17, 15) is 13.2 Å². The molecule has 0 fully saturated rings. The molecule has 0 atom stereocenters. The minimum atomic E-state index is -4.41. The fraction of sp³-hybridized carbons (Fsp3) is 0.429. The van der Waals surface area contributed by atoms with E-state index in [1.54, 1.807) is 24.2 Å². The van der Waals surface area contributed by atoms with E-state index in [1.165, 1.54) is 6.07 Å². The maximum atomic E-state index is 12.6. The van der Waals surface area contributed by atoms with E-state index in [0.29, 0.717) is 12.4 Å². The van der Waals surface area contributed by atoms with Gasteiger partial charge in [0.2, 0.25) is 0 Å². The van der Waals surface area contributed by atoms with E-state index < -0.39 is 11.9 Å². The second-order valence-corrected chi connectivity index (χ2v) is 4.82. The summed E-state index contributed by atoms with van der Waals surface area (Å²) in [6.07, 6.45) is 0.00165. The van der Waals surface area contributed by atoms with E-state index in [2.05, 4.69) is 9.97 Å². The summed E-state index contributed by atoms with van der Waals surface area (Å²) in [5.41, 5.74) is -0.864. The Balaban J connectivity index is 1.94. The van der Waals surface area contributed by atoms with Gasteiger partial charge in [0.25, 0.3) is 0 Å². The minimum Gasteiger partial charge on any atom is -0.360 e. The van der Waals surface area contributed by atoms with Gasteiger partial charge in [-0.1, -0.05) is 6.07 Å². The normalized spacial score (nSPS) is 11.7. The number of halogens is 3. The van der Waals surface area contributed by atoms with Gasteiger partial charge in [0.05, 0.1) is 0 Å². The Morgan fingerprint density at radius 2 is 2.05 bits per heavy atom. The summed E-state index contributed by atoms with van der Waals surface area (Å²) < 4.78 is 39.9. The number of pyridine rings is 1. The van der Waals surface area contributed by atoms with Gasteiger partial charge >= 0.3 is 6.18 Å². The van der Waals surface area contributed by atoms with Crippen LogP contribution in [0.1, 0.15) is 17.9 Å². The number of aromatic nitrogens is 3. The molecular formula is C14H17F3N4. The van der Waals surface area contributed by atoms with Gasteiger partial charge in [-0.15, -0.1) is 0 Å². The quantitative estimate of drug-likeness (QED) is 0.850. The van der Waals surface area contributed by atoms with Crippen LogP contribution in [0, 0.1) is 6.92 Å². The van der Waals surface area contributed by atoms with Gasteiger partial charge in [-0.2, -0.15) is 13.2 Å². The highest BCUT2D eigenvalue weighted by Crippen LogP contribution is 2.28. The van der Waals surface area contributed by atoms with Crippen molar-refractivity contribution in [2.75, 3.05) is 18.5 Å². The standard InChI is InChI=1S/C14H17F3N4/c1-11-18-7-10-21(11)9-4-8-20(2)13-6-3-5-12(19-13)14(15,16)17/h3,5-7,10H,4,8-9H2,1-2H3. The lowest BCUT2D eigenvalue weighted by atomic mass is 10.3. The number of rotatable bonds is 5. The summed E-state index contributed by atoms with van der Waals surface area (Å²) in [6.45, 7) is 3.30. The molecule has 2 aromatic rings. The van der Waals surface area contributed by atoms with Gasteiger partial charge in [0.1, 0.15) is 17.3 Å². The lowest BCUT2D eigenvalue weighted by molar-refractivity contribution is -0.141. The van der Waals surface area contributed by atoms with Crippen molar-refractivity contribution in [3.63, 3.8) is 0 Å². The second kappa shape index (κ2) is 6.15. The molecule has 0 aliphatic rings. The molecule has 2 aromatic heterocycles. The molecule has 0 spiro atoms.